The molecule has 3 heterocycles. The standard InChI is InChI=1S/C24H23ClFN5/c25-17-5-8-19-20(9-10-27-21(19)13-17)28-14-23-29-22(15-31-11-1-2-12-31)24(30-23)16-3-6-18(26)7-4-16/h3-10,13H,1-2,11-12,14-15H2,(H,27,28)(H,29,30). The lowest BCUT2D eigenvalue weighted by atomic mass is 10.1. The maximum absolute atomic E-state index is 13.4. The molecule has 5 nitrogen and oxygen atoms in total. The fourth-order valence-corrected chi connectivity index (χ4v) is 4.29. The van der Waals surface area contributed by atoms with Crippen LogP contribution in [0.3, 0.4) is 0 Å². The zero-order valence-corrected chi connectivity index (χ0v) is 17.8. The molecule has 1 fully saturated rings. The number of anilines is 1. The van der Waals surface area contributed by atoms with Crippen molar-refractivity contribution < 1.29 is 4.39 Å². The minimum Gasteiger partial charge on any atom is -0.377 e. The molecule has 0 aliphatic carbocycles. The van der Waals surface area contributed by atoms with Crippen molar-refractivity contribution in [1.82, 2.24) is 19.9 Å². The van der Waals surface area contributed by atoms with Gasteiger partial charge in [-0.25, -0.2) is 9.37 Å². The van der Waals surface area contributed by atoms with Crippen LogP contribution in [0, 0.1) is 5.82 Å². The number of aromatic nitrogens is 3. The summed E-state index contributed by atoms with van der Waals surface area (Å²) in [7, 11) is 0. The molecule has 4 aromatic rings. The summed E-state index contributed by atoms with van der Waals surface area (Å²) in [4.78, 5) is 15.2. The summed E-state index contributed by atoms with van der Waals surface area (Å²) in [6.07, 6.45) is 4.23. The maximum atomic E-state index is 13.4. The molecule has 0 unspecified atom stereocenters. The van der Waals surface area contributed by atoms with Crippen LogP contribution in [-0.2, 0) is 13.1 Å². The summed E-state index contributed by atoms with van der Waals surface area (Å²) in [5.41, 5.74) is 4.69. The molecule has 0 spiro atoms. The molecular formula is C24H23ClFN5. The average molecular weight is 436 g/mol. The Bertz CT molecular complexity index is 1200. The molecule has 0 amide bonds. The molecule has 2 aromatic heterocycles. The Kier molecular flexibility index (Phi) is 5.57. The van der Waals surface area contributed by atoms with Crippen LogP contribution in [-0.4, -0.2) is 32.9 Å². The first-order valence-electron chi connectivity index (χ1n) is 10.5. The third kappa shape index (κ3) is 4.40. The van der Waals surface area contributed by atoms with Crippen molar-refractivity contribution in [3.8, 4) is 11.3 Å². The lowest BCUT2D eigenvalue weighted by molar-refractivity contribution is 0.328. The van der Waals surface area contributed by atoms with Crippen LogP contribution < -0.4 is 5.32 Å². The lowest BCUT2D eigenvalue weighted by Crippen LogP contribution is -2.19. The first kappa shape index (κ1) is 20.0. The highest BCUT2D eigenvalue weighted by molar-refractivity contribution is 6.31. The number of fused-ring (bicyclic) bond motifs is 1. The second-order valence-electron chi connectivity index (χ2n) is 7.87. The Morgan fingerprint density at radius 3 is 2.68 bits per heavy atom. The summed E-state index contributed by atoms with van der Waals surface area (Å²) < 4.78 is 13.4. The molecular weight excluding hydrogens is 413 g/mol. The highest BCUT2D eigenvalue weighted by Crippen LogP contribution is 2.27. The molecule has 2 aromatic carbocycles. The van der Waals surface area contributed by atoms with Crippen LogP contribution in [0.2, 0.25) is 5.02 Å². The van der Waals surface area contributed by atoms with E-state index in [9.17, 15) is 4.39 Å². The zero-order chi connectivity index (χ0) is 21.2. The Morgan fingerprint density at radius 2 is 1.87 bits per heavy atom. The Labute approximate surface area is 185 Å². The van der Waals surface area contributed by atoms with Crippen LogP contribution in [0.25, 0.3) is 22.2 Å². The normalized spacial score (nSPS) is 14.4. The Balaban J connectivity index is 1.42. The van der Waals surface area contributed by atoms with E-state index in [0.717, 1.165) is 59.0 Å². The van der Waals surface area contributed by atoms with Gasteiger partial charge in [0.15, 0.2) is 0 Å². The van der Waals surface area contributed by atoms with E-state index in [0.29, 0.717) is 11.6 Å². The van der Waals surface area contributed by atoms with Gasteiger partial charge in [0.05, 0.1) is 23.4 Å². The molecule has 0 saturated carbocycles. The van der Waals surface area contributed by atoms with E-state index in [2.05, 4.69) is 20.2 Å². The number of nitrogens with zero attached hydrogens (tertiary/aromatic N) is 3. The summed E-state index contributed by atoms with van der Waals surface area (Å²) in [5, 5.41) is 5.14. The summed E-state index contributed by atoms with van der Waals surface area (Å²) >= 11 is 6.10. The van der Waals surface area contributed by atoms with Crippen LogP contribution in [0.4, 0.5) is 10.1 Å². The van der Waals surface area contributed by atoms with E-state index in [4.69, 9.17) is 16.6 Å². The molecule has 1 aliphatic rings. The zero-order valence-electron chi connectivity index (χ0n) is 17.0. The number of hydrogen-bond acceptors (Lipinski definition) is 4. The number of halogens is 2. The predicted molar refractivity (Wildman–Crippen MR) is 123 cm³/mol. The average Bonchev–Trinajstić information content (AvgIpc) is 3.43. The van der Waals surface area contributed by atoms with Crippen molar-refractivity contribution in [3.05, 3.63) is 77.1 Å². The minimum absolute atomic E-state index is 0.244. The van der Waals surface area contributed by atoms with Crippen molar-refractivity contribution in [2.24, 2.45) is 0 Å². The number of aromatic amines is 1. The van der Waals surface area contributed by atoms with Crippen molar-refractivity contribution in [2.45, 2.75) is 25.9 Å². The summed E-state index contributed by atoms with van der Waals surface area (Å²) in [6, 6.07) is 14.2. The van der Waals surface area contributed by atoms with Gasteiger partial charge < -0.3 is 10.3 Å². The third-order valence-electron chi connectivity index (χ3n) is 5.68. The van der Waals surface area contributed by atoms with Gasteiger partial charge in [-0.3, -0.25) is 9.88 Å². The molecule has 5 rings (SSSR count). The van der Waals surface area contributed by atoms with Crippen LogP contribution >= 0.6 is 11.6 Å². The molecule has 7 heteroatoms. The number of likely N-dealkylation sites (tertiary alicyclic amines) is 1. The number of benzene rings is 2. The molecule has 158 valence electrons. The van der Waals surface area contributed by atoms with Gasteiger partial charge in [-0.2, -0.15) is 0 Å². The van der Waals surface area contributed by atoms with Gasteiger partial charge in [-0.05, 0) is 74.5 Å². The van der Waals surface area contributed by atoms with Gasteiger partial charge in [0, 0.05) is 34.4 Å². The summed E-state index contributed by atoms with van der Waals surface area (Å²) in [6.45, 7) is 3.55. The van der Waals surface area contributed by atoms with Gasteiger partial charge in [0.1, 0.15) is 11.6 Å². The predicted octanol–water partition coefficient (Wildman–Crippen LogP) is 5.63. The van der Waals surface area contributed by atoms with Crippen molar-refractivity contribution in [2.75, 3.05) is 18.4 Å². The van der Waals surface area contributed by atoms with Crippen molar-refractivity contribution >= 4 is 28.2 Å². The van der Waals surface area contributed by atoms with E-state index >= 15 is 0 Å². The lowest BCUT2D eigenvalue weighted by Gasteiger charge is -2.14. The minimum atomic E-state index is -0.244. The Morgan fingerprint density at radius 1 is 1.06 bits per heavy atom. The largest absolute Gasteiger partial charge is 0.377 e. The number of imidazole rings is 1. The summed E-state index contributed by atoms with van der Waals surface area (Å²) in [5.74, 6) is 0.597. The fraction of sp³-hybridized carbons (Fsp3) is 0.250. The second-order valence-corrected chi connectivity index (χ2v) is 8.31. The molecule has 2 N–H and O–H groups in total. The third-order valence-corrected chi connectivity index (χ3v) is 5.91. The van der Waals surface area contributed by atoms with Crippen molar-refractivity contribution in [3.63, 3.8) is 0 Å². The van der Waals surface area contributed by atoms with E-state index in [1.54, 1.807) is 18.3 Å². The first-order valence-corrected chi connectivity index (χ1v) is 10.9. The number of nitrogens with one attached hydrogen (secondary N) is 2. The van der Waals surface area contributed by atoms with Crippen LogP contribution in [0.15, 0.2) is 54.7 Å². The molecule has 1 saturated heterocycles. The molecule has 0 radical (unpaired) electrons. The first-order chi connectivity index (χ1) is 15.2. The van der Waals surface area contributed by atoms with Gasteiger partial charge in [-0.1, -0.05) is 11.6 Å². The van der Waals surface area contributed by atoms with Crippen LogP contribution in [0.1, 0.15) is 24.4 Å². The number of pyridine rings is 1. The topological polar surface area (TPSA) is 56.8 Å². The van der Waals surface area contributed by atoms with Gasteiger partial charge in [0.2, 0.25) is 0 Å². The smallest absolute Gasteiger partial charge is 0.126 e. The maximum Gasteiger partial charge on any atom is 0.126 e. The van der Waals surface area contributed by atoms with E-state index < -0.39 is 0 Å². The van der Waals surface area contributed by atoms with Gasteiger partial charge in [-0.15, -0.1) is 0 Å². The van der Waals surface area contributed by atoms with Gasteiger partial charge >= 0.3 is 0 Å². The number of H-pyrrole nitrogens is 1. The SMILES string of the molecule is Fc1ccc(-c2nc(CNc3ccnc4cc(Cl)ccc34)[nH]c2CN2CCCC2)cc1. The molecule has 0 bridgehead atoms. The van der Waals surface area contributed by atoms with Crippen LogP contribution in [0.5, 0.6) is 0 Å². The second kappa shape index (κ2) is 8.65. The van der Waals surface area contributed by atoms with E-state index in [1.165, 1.54) is 25.0 Å². The van der Waals surface area contributed by atoms with E-state index in [1.807, 2.05) is 24.3 Å². The highest BCUT2D eigenvalue weighted by atomic mass is 35.5. The van der Waals surface area contributed by atoms with Crippen molar-refractivity contribution in [1.29, 1.82) is 0 Å². The fourth-order valence-electron chi connectivity index (χ4n) is 4.13. The highest BCUT2D eigenvalue weighted by Gasteiger charge is 2.18. The molecule has 0 atom stereocenters. The number of rotatable bonds is 6. The quantitative estimate of drug-likeness (QED) is 0.412. The number of hydrogen-bond donors (Lipinski definition) is 2. The molecule has 1 aliphatic heterocycles. The van der Waals surface area contributed by atoms with E-state index in [-0.39, 0.29) is 5.82 Å². The monoisotopic (exact) mass is 435 g/mol. The Hall–Kier alpha value is -2.96. The van der Waals surface area contributed by atoms with Gasteiger partial charge in [0.25, 0.3) is 0 Å². The molecule has 31 heavy (non-hydrogen) atoms.